The Kier molecular flexibility index (Phi) is 15.2. The van der Waals surface area contributed by atoms with Crippen LogP contribution < -0.4 is 16.4 Å². The Morgan fingerprint density at radius 1 is 0.922 bits per heavy atom. The van der Waals surface area contributed by atoms with Crippen LogP contribution in [0.3, 0.4) is 0 Å². The van der Waals surface area contributed by atoms with Gasteiger partial charge < -0.3 is 21.2 Å². The lowest BCUT2D eigenvalue weighted by Crippen LogP contribution is -2.30. The highest BCUT2D eigenvalue weighted by atomic mass is 16.2. The summed E-state index contributed by atoms with van der Waals surface area (Å²) in [6, 6.07) is 13.9. The van der Waals surface area contributed by atoms with E-state index in [4.69, 9.17) is 10.7 Å². The largest absolute Gasteiger partial charge is 0.383 e. The van der Waals surface area contributed by atoms with Gasteiger partial charge in [-0.3, -0.25) is 4.79 Å². The monoisotopic (exact) mass is 690 g/mol. The van der Waals surface area contributed by atoms with Crippen LogP contribution in [0.25, 0.3) is 11.6 Å². The fraction of sp³-hybridized carbons (Fsp3) is 0.455. The number of unbranched alkanes of at least 4 members (excludes halogenated alkanes) is 5. The van der Waals surface area contributed by atoms with Gasteiger partial charge in [-0.2, -0.15) is 0 Å². The third-order valence-electron chi connectivity index (χ3n) is 10.3. The van der Waals surface area contributed by atoms with E-state index in [1.807, 2.05) is 62.5 Å². The number of nitrogens with zero attached hydrogens (tertiary/aromatic N) is 1. The summed E-state index contributed by atoms with van der Waals surface area (Å²) in [7, 11) is 0. The average Bonchev–Trinajstić information content (AvgIpc) is 3.10. The van der Waals surface area contributed by atoms with Gasteiger partial charge in [0.1, 0.15) is 17.9 Å². The predicted molar refractivity (Wildman–Crippen MR) is 214 cm³/mol. The molecule has 2 aromatic carbocycles. The smallest absolute Gasteiger partial charge is 0.323 e. The lowest BCUT2D eigenvalue weighted by Gasteiger charge is -2.38. The second-order valence-electron chi connectivity index (χ2n) is 14.2. The number of hydrogen-bond donors (Lipinski definition) is 3. The number of aryl methyl sites for hydroxylation is 1. The van der Waals surface area contributed by atoms with Gasteiger partial charge in [-0.05, 0) is 112 Å². The van der Waals surface area contributed by atoms with Crippen LogP contribution in [-0.4, -0.2) is 23.9 Å². The van der Waals surface area contributed by atoms with Gasteiger partial charge in [0.05, 0.1) is 0 Å². The number of allylic oxidation sites excluding steroid dienone is 4. The maximum atomic E-state index is 13.1. The van der Waals surface area contributed by atoms with Crippen molar-refractivity contribution >= 4 is 47.0 Å². The number of aldehydes is 1. The van der Waals surface area contributed by atoms with E-state index in [0.717, 1.165) is 92.0 Å². The Balaban J connectivity index is 1.51. The number of Topliss-reactive ketones (excluding diaryl/α,β-unsaturated/α-hetero) is 1. The summed E-state index contributed by atoms with van der Waals surface area (Å²) in [5.74, 6) is 1.62. The highest BCUT2D eigenvalue weighted by Crippen LogP contribution is 2.48. The lowest BCUT2D eigenvalue weighted by atomic mass is 9.67. The fourth-order valence-corrected chi connectivity index (χ4v) is 7.59. The first-order chi connectivity index (χ1) is 24.7. The number of rotatable bonds is 17. The Labute approximate surface area is 305 Å². The van der Waals surface area contributed by atoms with Crippen LogP contribution in [0.1, 0.15) is 128 Å². The highest BCUT2D eigenvalue weighted by Gasteiger charge is 2.35. The van der Waals surface area contributed by atoms with Gasteiger partial charge in [0, 0.05) is 42.4 Å². The van der Waals surface area contributed by atoms with Crippen molar-refractivity contribution < 1.29 is 14.4 Å². The molecule has 4 rings (SSSR count). The molecule has 2 atom stereocenters. The molecule has 0 saturated heterocycles. The molecule has 0 bridgehead atoms. The molecule has 1 aliphatic heterocycles. The molecule has 0 fully saturated rings. The second kappa shape index (κ2) is 19.8. The maximum Gasteiger partial charge on any atom is 0.323 e. The maximum absolute atomic E-state index is 13.1. The number of anilines is 2. The first-order valence-corrected chi connectivity index (χ1v) is 19.0. The molecule has 1 heterocycles. The van der Waals surface area contributed by atoms with Gasteiger partial charge in [0.2, 0.25) is 0 Å². The van der Waals surface area contributed by atoms with E-state index in [1.54, 1.807) is 0 Å². The Morgan fingerprint density at radius 2 is 1.65 bits per heavy atom. The predicted octanol–water partition coefficient (Wildman–Crippen LogP) is 11.1. The van der Waals surface area contributed by atoms with E-state index >= 15 is 0 Å². The molecule has 51 heavy (non-hydrogen) atoms. The van der Waals surface area contributed by atoms with Crippen molar-refractivity contribution in [2.75, 3.05) is 10.6 Å². The molecule has 2 amide bonds. The van der Waals surface area contributed by atoms with Crippen LogP contribution in [-0.2, 0) is 9.59 Å². The zero-order valence-electron chi connectivity index (χ0n) is 31.4. The van der Waals surface area contributed by atoms with Crippen molar-refractivity contribution in [1.82, 2.24) is 0 Å². The summed E-state index contributed by atoms with van der Waals surface area (Å²) in [6.07, 6.45) is 18.4. The number of urea groups is 1. The molecule has 0 aromatic heterocycles. The molecule has 0 radical (unpaired) electrons. The van der Waals surface area contributed by atoms with Crippen LogP contribution in [0.2, 0.25) is 0 Å². The van der Waals surface area contributed by atoms with Crippen LogP contribution in [0.15, 0.2) is 82.0 Å². The first kappa shape index (κ1) is 39.3. The van der Waals surface area contributed by atoms with E-state index in [0.29, 0.717) is 49.0 Å². The SMILES string of the molecule is CC=Cc1ccc(C)cc1NC(=O)Nc1ccc(C2=C(CC)C(CCCCCCCC(=O)CCCC=O)C(C)C3=C2C(N)=NC=C(C)CC3)cc1. The first-order valence-electron chi connectivity index (χ1n) is 19.0. The fourth-order valence-electron chi connectivity index (χ4n) is 7.59. The number of nitrogens with one attached hydrogen (secondary N) is 2. The zero-order chi connectivity index (χ0) is 36.8. The molecule has 1 aliphatic carbocycles. The van der Waals surface area contributed by atoms with Gasteiger partial charge in [-0.15, -0.1) is 0 Å². The Hall–Kier alpha value is -4.52. The van der Waals surface area contributed by atoms with Crippen molar-refractivity contribution in [1.29, 1.82) is 0 Å². The molecular formula is C44H58N4O3. The summed E-state index contributed by atoms with van der Waals surface area (Å²) in [4.78, 5) is 40.4. The summed E-state index contributed by atoms with van der Waals surface area (Å²) in [5, 5.41) is 6.03. The summed E-state index contributed by atoms with van der Waals surface area (Å²) < 4.78 is 0. The molecule has 2 unspecified atom stereocenters. The molecule has 0 saturated carbocycles. The molecule has 272 valence electrons. The number of amidine groups is 1. The van der Waals surface area contributed by atoms with Crippen molar-refractivity contribution in [3.05, 3.63) is 93.7 Å². The number of aliphatic imine (C=N–C) groups is 1. The van der Waals surface area contributed by atoms with Gasteiger partial charge >= 0.3 is 6.03 Å². The average molecular weight is 691 g/mol. The quantitative estimate of drug-likeness (QED) is 0.113. The Bertz CT molecular complexity index is 1690. The van der Waals surface area contributed by atoms with Crippen LogP contribution in [0.5, 0.6) is 0 Å². The number of amides is 2. The standard InChI is InChI=1S/C44H58N4O3/c1-6-15-33-21-19-30(3)28-40(33)48-44(51)47-35-24-22-34(23-25-35)41-37(7-2)38(18-12-10-8-9-11-16-36(50)17-13-14-27-49)32(5)39-26-20-31(4)29-46-43(45)42(39)41/h6,15,19,21-25,27-29,32,38H,7-14,16-18,20,26H2,1-5H3,(H2,45,46)(H2,47,48,51). The minimum Gasteiger partial charge on any atom is -0.383 e. The van der Waals surface area contributed by atoms with E-state index in [9.17, 15) is 14.4 Å². The molecule has 2 aliphatic rings. The van der Waals surface area contributed by atoms with Crippen molar-refractivity contribution in [2.45, 2.75) is 118 Å². The molecule has 2 aromatic rings. The summed E-state index contributed by atoms with van der Waals surface area (Å²) in [6.45, 7) is 10.7. The number of benzene rings is 2. The number of ketones is 1. The van der Waals surface area contributed by atoms with Crippen molar-refractivity contribution in [3.63, 3.8) is 0 Å². The van der Waals surface area contributed by atoms with Gasteiger partial charge in [-0.1, -0.05) is 92.7 Å². The second-order valence-corrected chi connectivity index (χ2v) is 14.2. The number of nitrogens with two attached hydrogens (primary N) is 1. The van der Waals surface area contributed by atoms with E-state index in [-0.39, 0.29) is 11.8 Å². The number of hydrogen-bond acceptors (Lipinski definition) is 5. The topological polar surface area (TPSA) is 114 Å². The van der Waals surface area contributed by atoms with Gasteiger partial charge in [0.15, 0.2) is 0 Å². The number of carbonyl (C=O) groups is 3. The minimum atomic E-state index is -0.288. The molecule has 7 nitrogen and oxygen atoms in total. The molecule has 0 spiro atoms. The van der Waals surface area contributed by atoms with Crippen LogP contribution in [0, 0.1) is 18.8 Å². The molecule has 4 N–H and O–H groups in total. The molecule has 7 heteroatoms. The van der Waals surface area contributed by atoms with Crippen molar-refractivity contribution in [2.24, 2.45) is 22.6 Å². The van der Waals surface area contributed by atoms with Crippen molar-refractivity contribution in [3.8, 4) is 0 Å². The van der Waals surface area contributed by atoms with Gasteiger partial charge in [-0.25, -0.2) is 9.79 Å². The van der Waals surface area contributed by atoms with E-state index < -0.39 is 0 Å². The molecular weight excluding hydrogens is 633 g/mol. The minimum absolute atomic E-state index is 0.280. The van der Waals surface area contributed by atoms with Crippen LogP contribution >= 0.6 is 0 Å². The van der Waals surface area contributed by atoms with Crippen LogP contribution in [0.4, 0.5) is 16.2 Å². The zero-order valence-corrected chi connectivity index (χ0v) is 31.4. The van der Waals surface area contributed by atoms with Gasteiger partial charge in [0.25, 0.3) is 0 Å². The van der Waals surface area contributed by atoms with E-state index in [2.05, 4.69) is 43.5 Å². The normalized spacial score (nSPS) is 17.7. The summed E-state index contributed by atoms with van der Waals surface area (Å²) >= 11 is 0. The lowest BCUT2D eigenvalue weighted by molar-refractivity contribution is -0.119. The van der Waals surface area contributed by atoms with E-state index in [1.165, 1.54) is 22.3 Å². The summed E-state index contributed by atoms with van der Waals surface area (Å²) in [5.41, 5.74) is 17.8. The third kappa shape index (κ3) is 11.0. The number of carbonyl (C=O) groups excluding carboxylic acids is 3. The Morgan fingerprint density at radius 3 is 2.37 bits per heavy atom. The highest BCUT2D eigenvalue weighted by molar-refractivity contribution is 6.13. The third-order valence-corrected chi connectivity index (χ3v) is 10.3.